The van der Waals surface area contributed by atoms with Gasteiger partial charge in [0.25, 0.3) is 0 Å². The van der Waals surface area contributed by atoms with Gasteiger partial charge in [0.2, 0.25) is 5.91 Å². The minimum atomic E-state index is -4.36. The van der Waals surface area contributed by atoms with Crippen molar-refractivity contribution in [2.75, 3.05) is 23.8 Å². The number of aromatic nitrogens is 1. The lowest BCUT2D eigenvalue weighted by Gasteiger charge is -2.18. The van der Waals surface area contributed by atoms with Gasteiger partial charge in [-0.15, -0.1) is 0 Å². The molecule has 0 saturated carbocycles. The van der Waals surface area contributed by atoms with Crippen LogP contribution in [0.4, 0.5) is 24.7 Å². The van der Waals surface area contributed by atoms with E-state index in [1.807, 2.05) is 49.5 Å². The Balaban J connectivity index is 1.33. The van der Waals surface area contributed by atoms with Crippen LogP contribution in [-0.4, -0.2) is 24.5 Å². The van der Waals surface area contributed by atoms with Crippen molar-refractivity contribution >= 4 is 28.3 Å². The van der Waals surface area contributed by atoms with Crippen LogP contribution in [-0.2, 0) is 23.8 Å². The fourth-order valence-corrected chi connectivity index (χ4v) is 3.80. The summed E-state index contributed by atoms with van der Waals surface area (Å²) in [4.78, 5) is 19.2. The van der Waals surface area contributed by atoms with E-state index in [-0.39, 0.29) is 12.3 Å². The number of likely N-dealkylation sites (N-methyl/N-ethyl adjacent to an activating group) is 1. The first kappa shape index (κ1) is 24.3. The lowest BCUT2D eigenvalue weighted by molar-refractivity contribution is -0.137. The highest BCUT2D eigenvalue weighted by molar-refractivity contribution is 5.94. The van der Waals surface area contributed by atoms with Crippen LogP contribution < -0.4 is 10.2 Å². The molecule has 35 heavy (non-hydrogen) atoms. The molecule has 7 heteroatoms. The number of pyridine rings is 1. The molecule has 4 rings (SSSR count). The predicted molar refractivity (Wildman–Crippen MR) is 134 cm³/mol. The third-order valence-corrected chi connectivity index (χ3v) is 5.85. The van der Waals surface area contributed by atoms with Crippen molar-refractivity contribution < 1.29 is 18.0 Å². The summed E-state index contributed by atoms with van der Waals surface area (Å²) >= 11 is 0. The van der Waals surface area contributed by atoms with Gasteiger partial charge < -0.3 is 10.2 Å². The maximum absolute atomic E-state index is 12.7. The monoisotopic (exact) mass is 477 g/mol. The number of nitrogens with one attached hydrogen (secondary N) is 1. The van der Waals surface area contributed by atoms with E-state index < -0.39 is 11.7 Å². The van der Waals surface area contributed by atoms with Gasteiger partial charge in [0.1, 0.15) is 5.82 Å². The standard InChI is InChI=1S/C28H26F3N3O/c1-34(18-17-20-5-3-2-4-6-20)26-15-10-22-19-24(13-14-25(22)33-26)32-27(35)16-9-21-7-11-23(12-8-21)28(29,30)31/h2-8,10-15,19H,9,16-18H2,1H3,(H,32,35). The van der Waals surface area contributed by atoms with Gasteiger partial charge in [0.05, 0.1) is 11.1 Å². The van der Waals surface area contributed by atoms with E-state index in [0.717, 1.165) is 41.8 Å². The Labute approximate surface area is 202 Å². The van der Waals surface area contributed by atoms with Crippen molar-refractivity contribution in [3.05, 3.63) is 102 Å². The molecule has 0 saturated heterocycles. The van der Waals surface area contributed by atoms with Crippen LogP contribution >= 0.6 is 0 Å². The second-order valence-electron chi connectivity index (χ2n) is 8.48. The van der Waals surface area contributed by atoms with Crippen molar-refractivity contribution in [3.8, 4) is 0 Å². The van der Waals surface area contributed by atoms with Crippen LogP contribution in [0.25, 0.3) is 10.9 Å². The molecule has 0 spiro atoms. The maximum Gasteiger partial charge on any atom is 0.416 e. The van der Waals surface area contributed by atoms with Crippen LogP contribution in [0, 0.1) is 0 Å². The molecule has 180 valence electrons. The number of fused-ring (bicyclic) bond motifs is 1. The first-order valence-corrected chi connectivity index (χ1v) is 11.4. The molecule has 0 aliphatic carbocycles. The van der Waals surface area contributed by atoms with Gasteiger partial charge in [-0.2, -0.15) is 13.2 Å². The molecule has 1 N–H and O–H groups in total. The summed E-state index contributed by atoms with van der Waals surface area (Å²) in [5.74, 6) is 0.677. The maximum atomic E-state index is 12.7. The Morgan fingerprint density at radius 2 is 1.60 bits per heavy atom. The second kappa shape index (κ2) is 10.6. The van der Waals surface area contributed by atoms with E-state index in [2.05, 4.69) is 22.3 Å². The molecule has 4 nitrogen and oxygen atoms in total. The summed E-state index contributed by atoms with van der Waals surface area (Å²) in [5, 5.41) is 3.77. The number of alkyl halides is 3. The molecule has 0 radical (unpaired) electrons. The number of benzene rings is 3. The zero-order valence-corrected chi connectivity index (χ0v) is 19.3. The molecule has 0 aliphatic rings. The summed E-state index contributed by atoms with van der Waals surface area (Å²) in [7, 11) is 2.02. The Morgan fingerprint density at radius 3 is 2.31 bits per heavy atom. The highest BCUT2D eigenvalue weighted by Crippen LogP contribution is 2.29. The molecule has 0 bridgehead atoms. The van der Waals surface area contributed by atoms with E-state index in [9.17, 15) is 18.0 Å². The summed E-state index contributed by atoms with van der Waals surface area (Å²) < 4.78 is 38.0. The number of carbonyl (C=O) groups excluding carboxylic acids is 1. The summed E-state index contributed by atoms with van der Waals surface area (Å²) in [5.41, 5.74) is 2.75. The van der Waals surface area contributed by atoms with Gasteiger partial charge in [-0.25, -0.2) is 4.98 Å². The van der Waals surface area contributed by atoms with Crippen molar-refractivity contribution in [1.82, 2.24) is 4.98 Å². The summed E-state index contributed by atoms with van der Waals surface area (Å²) in [6.45, 7) is 0.843. The van der Waals surface area contributed by atoms with Gasteiger partial charge in [0.15, 0.2) is 0 Å². The summed E-state index contributed by atoms with van der Waals surface area (Å²) in [6.07, 6.45) is -2.90. The van der Waals surface area contributed by atoms with Gasteiger partial charge in [-0.05, 0) is 66.4 Å². The molecular weight excluding hydrogens is 451 g/mol. The third-order valence-electron chi connectivity index (χ3n) is 5.85. The van der Waals surface area contributed by atoms with E-state index >= 15 is 0 Å². The van der Waals surface area contributed by atoms with Crippen molar-refractivity contribution in [2.24, 2.45) is 0 Å². The molecule has 4 aromatic rings. The van der Waals surface area contributed by atoms with Crippen molar-refractivity contribution in [3.63, 3.8) is 0 Å². The van der Waals surface area contributed by atoms with Crippen molar-refractivity contribution in [1.29, 1.82) is 0 Å². The molecule has 0 fully saturated rings. The van der Waals surface area contributed by atoms with Gasteiger partial charge in [0, 0.05) is 31.1 Å². The minimum Gasteiger partial charge on any atom is -0.359 e. The number of nitrogens with zero attached hydrogens (tertiary/aromatic N) is 2. The van der Waals surface area contributed by atoms with Crippen LogP contribution in [0.1, 0.15) is 23.1 Å². The average Bonchev–Trinajstić information content (AvgIpc) is 2.86. The number of hydrogen-bond donors (Lipinski definition) is 1. The molecule has 1 heterocycles. The number of anilines is 2. The molecule has 0 atom stereocenters. The zero-order valence-electron chi connectivity index (χ0n) is 19.3. The van der Waals surface area contributed by atoms with Gasteiger partial charge >= 0.3 is 6.18 Å². The molecular formula is C28H26F3N3O. The topological polar surface area (TPSA) is 45.2 Å². The Morgan fingerprint density at radius 1 is 0.886 bits per heavy atom. The summed E-state index contributed by atoms with van der Waals surface area (Å²) in [6, 6.07) is 24.7. The Hall–Kier alpha value is -3.87. The quantitative estimate of drug-likeness (QED) is 0.315. The molecule has 0 unspecified atom stereocenters. The normalized spacial score (nSPS) is 11.4. The van der Waals surface area contributed by atoms with E-state index in [0.29, 0.717) is 17.7 Å². The van der Waals surface area contributed by atoms with Crippen LogP contribution in [0.2, 0.25) is 0 Å². The highest BCUT2D eigenvalue weighted by atomic mass is 19.4. The first-order valence-electron chi connectivity index (χ1n) is 11.4. The Bertz CT molecular complexity index is 1290. The van der Waals surface area contributed by atoms with E-state index in [1.54, 1.807) is 6.07 Å². The zero-order chi connectivity index (χ0) is 24.8. The smallest absolute Gasteiger partial charge is 0.359 e. The van der Waals surface area contributed by atoms with Crippen LogP contribution in [0.3, 0.4) is 0 Å². The second-order valence-corrected chi connectivity index (χ2v) is 8.48. The number of hydrogen-bond acceptors (Lipinski definition) is 3. The number of rotatable bonds is 8. The van der Waals surface area contributed by atoms with Crippen molar-refractivity contribution in [2.45, 2.75) is 25.4 Å². The first-order chi connectivity index (χ1) is 16.8. The largest absolute Gasteiger partial charge is 0.416 e. The molecule has 3 aromatic carbocycles. The SMILES string of the molecule is CN(CCc1ccccc1)c1ccc2cc(NC(=O)CCc3ccc(C(F)(F)F)cc3)ccc2n1. The number of amides is 1. The van der Waals surface area contributed by atoms with Crippen LogP contribution in [0.5, 0.6) is 0 Å². The fraction of sp³-hybridized carbons (Fsp3) is 0.214. The lowest BCUT2D eigenvalue weighted by atomic mass is 10.1. The predicted octanol–water partition coefficient (Wildman–Crippen LogP) is 6.50. The number of halogens is 3. The van der Waals surface area contributed by atoms with Gasteiger partial charge in [-0.1, -0.05) is 42.5 Å². The minimum absolute atomic E-state index is 0.173. The van der Waals surface area contributed by atoms with Gasteiger partial charge in [-0.3, -0.25) is 4.79 Å². The average molecular weight is 478 g/mol. The lowest BCUT2D eigenvalue weighted by Crippen LogP contribution is -2.21. The van der Waals surface area contributed by atoms with E-state index in [4.69, 9.17) is 4.98 Å². The molecule has 0 aliphatic heterocycles. The Kier molecular flexibility index (Phi) is 7.34. The number of aryl methyl sites for hydroxylation is 1. The third kappa shape index (κ3) is 6.59. The van der Waals surface area contributed by atoms with E-state index in [1.165, 1.54) is 17.7 Å². The number of carbonyl (C=O) groups is 1. The molecule has 1 aromatic heterocycles. The fourth-order valence-electron chi connectivity index (χ4n) is 3.80. The van der Waals surface area contributed by atoms with Crippen LogP contribution in [0.15, 0.2) is 84.9 Å². The highest BCUT2D eigenvalue weighted by Gasteiger charge is 2.29. The molecule has 1 amide bonds.